The van der Waals surface area contributed by atoms with Gasteiger partial charge in [-0.25, -0.2) is 9.97 Å². The molecule has 2 fully saturated rings. The summed E-state index contributed by atoms with van der Waals surface area (Å²) in [6.45, 7) is 9.92. The topological polar surface area (TPSA) is 87.8 Å². The van der Waals surface area contributed by atoms with Crippen LogP contribution in [0.25, 0.3) is 0 Å². The van der Waals surface area contributed by atoms with Gasteiger partial charge in [-0.15, -0.1) is 0 Å². The molecular formula is C18H30N6O2. The van der Waals surface area contributed by atoms with Crippen molar-refractivity contribution >= 4 is 17.5 Å². The molecule has 0 aromatic carbocycles. The number of aromatic nitrogens is 2. The van der Waals surface area contributed by atoms with Gasteiger partial charge in [0, 0.05) is 45.3 Å². The van der Waals surface area contributed by atoms with E-state index in [0.29, 0.717) is 19.5 Å². The van der Waals surface area contributed by atoms with E-state index >= 15 is 0 Å². The number of nitrogens with zero attached hydrogens (tertiary/aromatic N) is 5. The largest absolute Gasteiger partial charge is 0.378 e. The number of anilines is 2. The fourth-order valence-corrected chi connectivity index (χ4v) is 3.60. The van der Waals surface area contributed by atoms with E-state index in [-0.39, 0.29) is 5.91 Å². The highest BCUT2D eigenvalue weighted by molar-refractivity contribution is 5.85. The number of hydrogen-bond acceptors (Lipinski definition) is 7. The monoisotopic (exact) mass is 362 g/mol. The molecule has 2 aliphatic rings. The van der Waals surface area contributed by atoms with Crippen LogP contribution in [0.5, 0.6) is 0 Å². The average Bonchev–Trinajstić information content (AvgIpc) is 2.68. The van der Waals surface area contributed by atoms with Gasteiger partial charge in [-0.3, -0.25) is 4.79 Å². The lowest BCUT2D eigenvalue weighted by atomic mass is 9.95. The second-order valence-corrected chi connectivity index (χ2v) is 7.28. The third-order valence-electron chi connectivity index (χ3n) is 5.12. The Morgan fingerprint density at radius 1 is 1.12 bits per heavy atom. The molecular weight excluding hydrogens is 332 g/mol. The van der Waals surface area contributed by atoms with Gasteiger partial charge in [-0.05, 0) is 13.3 Å². The zero-order valence-electron chi connectivity index (χ0n) is 15.9. The lowest BCUT2D eigenvalue weighted by Crippen LogP contribution is -2.58. The van der Waals surface area contributed by atoms with Gasteiger partial charge in [-0.1, -0.05) is 13.3 Å². The zero-order chi connectivity index (χ0) is 18.6. The van der Waals surface area contributed by atoms with Crippen molar-refractivity contribution in [2.24, 2.45) is 5.73 Å². The molecule has 8 nitrogen and oxygen atoms in total. The Labute approximate surface area is 155 Å². The van der Waals surface area contributed by atoms with Crippen LogP contribution in [0.3, 0.4) is 0 Å². The molecule has 26 heavy (non-hydrogen) atoms. The Balaban J connectivity index is 1.60. The van der Waals surface area contributed by atoms with Gasteiger partial charge in [-0.2, -0.15) is 0 Å². The smallest absolute Gasteiger partial charge is 0.242 e. The van der Waals surface area contributed by atoms with Gasteiger partial charge in [0.05, 0.1) is 18.8 Å². The van der Waals surface area contributed by atoms with Gasteiger partial charge in [0.1, 0.15) is 18.0 Å². The molecule has 0 aliphatic carbocycles. The minimum Gasteiger partial charge on any atom is -0.378 e. The van der Waals surface area contributed by atoms with E-state index in [1.165, 1.54) is 0 Å². The van der Waals surface area contributed by atoms with Crippen LogP contribution in [0.1, 0.15) is 26.7 Å². The highest BCUT2D eigenvalue weighted by Crippen LogP contribution is 2.21. The number of hydrogen-bond donors (Lipinski definition) is 1. The van der Waals surface area contributed by atoms with Gasteiger partial charge in [0.2, 0.25) is 5.91 Å². The molecule has 0 saturated carbocycles. The molecule has 8 heteroatoms. The van der Waals surface area contributed by atoms with E-state index in [1.807, 2.05) is 17.9 Å². The number of morpholine rings is 1. The summed E-state index contributed by atoms with van der Waals surface area (Å²) >= 11 is 0. The Kier molecular flexibility index (Phi) is 5.93. The normalized spacial score (nSPS) is 20.8. The van der Waals surface area contributed by atoms with Crippen molar-refractivity contribution in [2.45, 2.75) is 32.2 Å². The number of rotatable bonds is 5. The average molecular weight is 362 g/mol. The van der Waals surface area contributed by atoms with Crippen LogP contribution in [0.2, 0.25) is 0 Å². The van der Waals surface area contributed by atoms with Crippen LogP contribution in [-0.2, 0) is 9.53 Å². The summed E-state index contributed by atoms with van der Waals surface area (Å²) in [6, 6.07) is 2.03. The van der Waals surface area contributed by atoms with Crippen molar-refractivity contribution in [3.63, 3.8) is 0 Å². The van der Waals surface area contributed by atoms with E-state index < -0.39 is 5.54 Å². The molecule has 0 radical (unpaired) electrons. The fraction of sp³-hybridized carbons (Fsp3) is 0.722. The second kappa shape index (κ2) is 8.18. The van der Waals surface area contributed by atoms with Gasteiger partial charge >= 0.3 is 0 Å². The van der Waals surface area contributed by atoms with Crippen molar-refractivity contribution in [1.29, 1.82) is 0 Å². The van der Waals surface area contributed by atoms with Crippen LogP contribution in [0, 0.1) is 0 Å². The first kappa shape index (κ1) is 18.8. The van der Waals surface area contributed by atoms with Crippen LogP contribution >= 0.6 is 0 Å². The van der Waals surface area contributed by atoms with Gasteiger partial charge in [0.25, 0.3) is 0 Å². The highest BCUT2D eigenvalue weighted by atomic mass is 16.5. The van der Waals surface area contributed by atoms with Crippen LogP contribution in [0.4, 0.5) is 11.6 Å². The first-order chi connectivity index (χ1) is 12.5. The molecule has 1 aromatic heterocycles. The van der Waals surface area contributed by atoms with Crippen molar-refractivity contribution in [1.82, 2.24) is 14.9 Å². The number of amides is 1. The molecule has 0 spiro atoms. The van der Waals surface area contributed by atoms with Crippen molar-refractivity contribution < 1.29 is 9.53 Å². The Bertz CT molecular complexity index is 609. The lowest BCUT2D eigenvalue weighted by molar-refractivity contribution is -0.137. The second-order valence-electron chi connectivity index (χ2n) is 7.28. The maximum Gasteiger partial charge on any atom is 0.242 e. The third-order valence-corrected chi connectivity index (χ3v) is 5.12. The molecule has 3 rings (SSSR count). The minimum atomic E-state index is -0.769. The number of carbonyl (C=O) groups excluding carboxylic acids is 1. The maximum absolute atomic E-state index is 12.7. The summed E-state index contributed by atoms with van der Waals surface area (Å²) in [5.74, 6) is 1.91. The van der Waals surface area contributed by atoms with Crippen molar-refractivity contribution in [3.8, 4) is 0 Å². The summed E-state index contributed by atoms with van der Waals surface area (Å²) in [7, 11) is 0. The van der Waals surface area contributed by atoms with Crippen molar-refractivity contribution in [2.75, 3.05) is 62.3 Å². The molecule has 1 atom stereocenters. The number of piperazine rings is 1. The molecule has 144 valence electrons. The lowest BCUT2D eigenvalue weighted by Gasteiger charge is -2.39. The highest BCUT2D eigenvalue weighted by Gasteiger charge is 2.33. The Morgan fingerprint density at radius 2 is 1.69 bits per heavy atom. The predicted molar refractivity (Wildman–Crippen MR) is 101 cm³/mol. The Morgan fingerprint density at radius 3 is 2.27 bits per heavy atom. The quantitative estimate of drug-likeness (QED) is 0.815. The van der Waals surface area contributed by atoms with E-state index in [9.17, 15) is 4.79 Å². The van der Waals surface area contributed by atoms with Crippen LogP contribution in [-0.4, -0.2) is 78.8 Å². The first-order valence-electron chi connectivity index (χ1n) is 9.49. The maximum atomic E-state index is 12.7. The SMILES string of the molecule is CCCC(C)(N)C(=O)N1CCN(c2cc(N3CCOCC3)ncn2)CC1. The summed E-state index contributed by atoms with van der Waals surface area (Å²) in [5, 5.41) is 0. The number of carbonyl (C=O) groups is 1. The zero-order valence-corrected chi connectivity index (χ0v) is 15.9. The summed E-state index contributed by atoms with van der Waals surface area (Å²) < 4.78 is 5.40. The predicted octanol–water partition coefficient (Wildman–Crippen LogP) is 0.479. The van der Waals surface area contributed by atoms with Gasteiger partial charge in [0.15, 0.2) is 0 Å². The standard InChI is InChI=1S/C18H30N6O2/c1-3-4-18(2,19)17(25)24-7-5-22(6-8-24)15-13-16(21-14-20-15)23-9-11-26-12-10-23/h13-14H,3-12,19H2,1-2H3. The summed E-state index contributed by atoms with van der Waals surface area (Å²) in [4.78, 5) is 27.8. The molecule has 1 aromatic rings. The Hall–Kier alpha value is -1.93. The molecule has 2 N–H and O–H groups in total. The first-order valence-corrected chi connectivity index (χ1v) is 9.49. The van der Waals surface area contributed by atoms with Crippen LogP contribution in [0.15, 0.2) is 12.4 Å². The molecule has 3 heterocycles. The summed E-state index contributed by atoms with van der Waals surface area (Å²) in [5.41, 5.74) is 5.44. The number of nitrogens with two attached hydrogens (primary N) is 1. The van der Waals surface area contributed by atoms with Crippen LogP contribution < -0.4 is 15.5 Å². The molecule has 2 saturated heterocycles. The number of ether oxygens (including phenoxy) is 1. The van der Waals surface area contributed by atoms with E-state index in [0.717, 1.165) is 57.4 Å². The van der Waals surface area contributed by atoms with E-state index in [2.05, 4.69) is 26.7 Å². The molecule has 0 bridgehead atoms. The van der Waals surface area contributed by atoms with Crippen molar-refractivity contribution in [3.05, 3.63) is 12.4 Å². The molecule has 1 unspecified atom stereocenters. The van der Waals surface area contributed by atoms with E-state index in [1.54, 1.807) is 6.33 Å². The van der Waals surface area contributed by atoms with E-state index in [4.69, 9.17) is 10.5 Å². The molecule has 2 aliphatic heterocycles. The minimum absolute atomic E-state index is 0.0516. The van der Waals surface area contributed by atoms with Gasteiger partial charge < -0.3 is 25.2 Å². The summed E-state index contributed by atoms with van der Waals surface area (Å²) in [6.07, 6.45) is 3.24. The third kappa shape index (κ3) is 4.24. The molecule has 1 amide bonds. The fourth-order valence-electron chi connectivity index (χ4n) is 3.60.